The first-order valence-electron chi connectivity index (χ1n) is 5.73. The quantitative estimate of drug-likeness (QED) is 0.478. The van der Waals surface area contributed by atoms with Gasteiger partial charge in [-0.3, -0.25) is 4.79 Å². The van der Waals surface area contributed by atoms with Crippen LogP contribution in [0, 0.1) is 5.21 Å². The van der Waals surface area contributed by atoms with E-state index in [0.717, 1.165) is 17.6 Å². The van der Waals surface area contributed by atoms with E-state index in [1.54, 1.807) is 18.2 Å². The van der Waals surface area contributed by atoms with Crippen molar-refractivity contribution in [2.45, 2.75) is 37.8 Å². The first kappa shape index (κ1) is 13.8. The summed E-state index contributed by atoms with van der Waals surface area (Å²) < 4.78 is 0.771. The molecule has 0 spiro atoms. The monoisotopic (exact) mass is 254 g/mol. The number of carbonyl (C=O) groups is 1. The lowest BCUT2D eigenvalue weighted by molar-refractivity contribution is -0.645. The van der Waals surface area contributed by atoms with Gasteiger partial charge in [-0.05, 0) is 31.2 Å². The molecule has 0 radical (unpaired) electrons. The molecule has 1 amide bonds. The molecule has 1 aromatic heterocycles. The zero-order valence-electron chi connectivity index (χ0n) is 10.2. The summed E-state index contributed by atoms with van der Waals surface area (Å²) in [7, 11) is 0. The molecule has 1 aromatic rings. The predicted molar refractivity (Wildman–Crippen MR) is 68.6 cm³/mol. The summed E-state index contributed by atoms with van der Waals surface area (Å²) >= 11 is 1.25. The fourth-order valence-corrected chi connectivity index (χ4v) is 2.21. The molecule has 0 saturated carbocycles. The zero-order valence-corrected chi connectivity index (χ0v) is 11.0. The van der Waals surface area contributed by atoms with Gasteiger partial charge in [-0.25, -0.2) is 0 Å². The van der Waals surface area contributed by atoms with E-state index in [4.69, 9.17) is 0 Å². The van der Waals surface area contributed by atoms with Gasteiger partial charge >= 0.3 is 0 Å². The van der Waals surface area contributed by atoms with E-state index >= 15 is 0 Å². The van der Waals surface area contributed by atoms with Crippen LogP contribution in [0.3, 0.4) is 0 Å². The zero-order chi connectivity index (χ0) is 12.7. The van der Waals surface area contributed by atoms with Crippen molar-refractivity contribution in [3.05, 3.63) is 29.6 Å². The van der Waals surface area contributed by atoms with Gasteiger partial charge in [0.1, 0.15) is 0 Å². The molecule has 17 heavy (non-hydrogen) atoms. The van der Waals surface area contributed by atoms with Crippen molar-refractivity contribution in [3.8, 4) is 0 Å². The summed E-state index contributed by atoms with van der Waals surface area (Å²) in [5.41, 5.74) is 0. The molecule has 0 fully saturated rings. The summed E-state index contributed by atoms with van der Waals surface area (Å²) in [5.74, 6) is 0.250. The second kappa shape index (κ2) is 7.17. The van der Waals surface area contributed by atoms with Crippen LogP contribution in [0.5, 0.6) is 0 Å². The molecule has 0 aliphatic carbocycles. The molecule has 0 saturated heterocycles. The maximum Gasteiger partial charge on any atom is 0.251 e. The Kier molecular flexibility index (Phi) is 5.83. The van der Waals surface area contributed by atoms with Crippen LogP contribution in [-0.4, -0.2) is 17.7 Å². The minimum atomic E-state index is -0.0280. The average molecular weight is 254 g/mol. The van der Waals surface area contributed by atoms with Gasteiger partial charge in [-0.15, -0.1) is 0 Å². The van der Waals surface area contributed by atoms with Crippen molar-refractivity contribution in [1.29, 1.82) is 0 Å². The van der Waals surface area contributed by atoms with Gasteiger partial charge in [-0.2, -0.15) is 4.73 Å². The number of nitrogens with zero attached hydrogens (tertiary/aromatic N) is 1. The van der Waals surface area contributed by atoms with Gasteiger partial charge in [0.05, 0.1) is 5.75 Å². The number of pyridine rings is 1. The van der Waals surface area contributed by atoms with E-state index in [1.165, 1.54) is 18.0 Å². The molecule has 94 valence electrons. The Morgan fingerprint density at radius 2 is 2.35 bits per heavy atom. The van der Waals surface area contributed by atoms with Gasteiger partial charge in [0.25, 0.3) is 5.03 Å². The molecule has 5 heteroatoms. The van der Waals surface area contributed by atoms with Crippen LogP contribution >= 0.6 is 11.8 Å². The Bertz CT molecular complexity index is 371. The SMILES string of the molecule is CCC[C@@H](C)NC(=O)CSc1cccc[n+]1[O-]. The molecule has 0 aromatic carbocycles. The number of aromatic nitrogens is 1. The molecule has 1 rings (SSSR count). The summed E-state index contributed by atoms with van der Waals surface area (Å²) in [4.78, 5) is 11.6. The maximum atomic E-state index is 11.6. The van der Waals surface area contributed by atoms with E-state index in [9.17, 15) is 10.0 Å². The third-order valence-electron chi connectivity index (χ3n) is 2.27. The lowest BCUT2D eigenvalue weighted by atomic mass is 10.2. The fraction of sp³-hybridized carbons (Fsp3) is 0.500. The van der Waals surface area contributed by atoms with Gasteiger partial charge in [-0.1, -0.05) is 13.3 Å². The number of hydrogen-bond donors (Lipinski definition) is 1. The number of hydrogen-bond acceptors (Lipinski definition) is 3. The van der Waals surface area contributed by atoms with E-state index in [2.05, 4.69) is 12.2 Å². The molecular weight excluding hydrogens is 236 g/mol. The first-order valence-corrected chi connectivity index (χ1v) is 6.72. The average Bonchev–Trinajstić information content (AvgIpc) is 2.28. The highest BCUT2D eigenvalue weighted by atomic mass is 32.2. The highest BCUT2D eigenvalue weighted by Gasteiger charge is 2.10. The second-order valence-electron chi connectivity index (χ2n) is 3.91. The summed E-state index contributed by atoms with van der Waals surface area (Å²) in [6.45, 7) is 4.07. The summed E-state index contributed by atoms with van der Waals surface area (Å²) in [6.07, 6.45) is 3.46. The molecule has 1 heterocycles. The van der Waals surface area contributed by atoms with Crippen molar-refractivity contribution < 1.29 is 9.52 Å². The standard InChI is InChI=1S/C12H18N2O2S/c1-3-6-10(2)13-11(15)9-17-12-7-4-5-8-14(12)16/h4-5,7-8,10H,3,6,9H2,1-2H3,(H,13,15)/t10-/m1/s1. The summed E-state index contributed by atoms with van der Waals surface area (Å²) in [6, 6.07) is 5.36. The third kappa shape index (κ3) is 5.08. The van der Waals surface area contributed by atoms with E-state index < -0.39 is 0 Å². The van der Waals surface area contributed by atoms with Crippen LogP contribution in [0.1, 0.15) is 26.7 Å². The molecule has 1 atom stereocenters. The highest BCUT2D eigenvalue weighted by Crippen LogP contribution is 2.11. The normalized spacial score (nSPS) is 12.1. The van der Waals surface area contributed by atoms with E-state index in [-0.39, 0.29) is 17.7 Å². The van der Waals surface area contributed by atoms with Crippen LogP contribution in [0.4, 0.5) is 0 Å². The van der Waals surface area contributed by atoms with Crippen LogP contribution in [0.15, 0.2) is 29.4 Å². The Morgan fingerprint density at radius 1 is 1.59 bits per heavy atom. The molecular formula is C12H18N2O2S. The van der Waals surface area contributed by atoms with E-state index in [0.29, 0.717) is 5.03 Å². The lowest BCUT2D eigenvalue weighted by Gasteiger charge is -2.12. The van der Waals surface area contributed by atoms with Crippen molar-refractivity contribution >= 4 is 17.7 Å². The van der Waals surface area contributed by atoms with Crippen molar-refractivity contribution in [2.24, 2.45) is 0 Å². The van der Waals surface area contributed by atoms with Gasteiger partial charge in [0, 0.05) is 18.2 Å². The minimum absolute atomic E-state index is 0.0280. The first-order chi connectivity index (χ1) is 8.13. The van der Waals surface area contributed by atoms with Crippen molar-refractivity contribution in [2.75, 3.05) is 5.75 Å². The predicted octanol–water partition coefficient (Wildman–Crippen LogP) is 1.72. The van der Waals surface area contributed by atoms with E-state index in [1.807, 2.05) is 6.92 Å². The van der Waals surface area contributed by atoms with Gasteiger partial charge in [0.15, 0.2) is 6.20 Å². The number of nitrogens with one attached hydrogen (secondary N) is 1. The fourth-order valence-electron chi connectivity index (χ4n) is 1.49. The summed E-state index contributed by atoms with van der Waals surface area (Å²) in [5, 5.41) is 14.8. The second-order valence-corrected chi connectivity index (χ2v) is 4.91. The molecule has 0 aliphatic heterocycles. The van der Waals surface area contributed by atoms with Crippen molar-refractivity contribution in [3.63, 3.8) is 0 Å². The van der Waals surface area contributed by atoms with Crippen LogP contribution in [0.25, 0.3) is 0 Å². The topological polar surface area (TPSA) is 56.0 Å². The molecule has 0 aliphatic rings. The number of amides is 1. The number of carbonyl (C=O) groups excluding carboxylic acids is 1. The Hall–Kier alpha value is -1.23. The van der Waals surface area contributed by atoms with Crippen molar-refractivity contribution in [1.82, 2.24) is 5.32 Å². The molecule has 0 unspecified atom stereocenters. The molecule has 4 nitrogen and oxygen atoms in total. The van der Waals surface area contributed by atoms with Crippen LogP contribution in [-0.2, 0) is 4.79 Å². The number of rotatable bonds is 6. The minimum Gasteiger partial charge on any atom is -0.618 e. The highest BCUT2D eigenvalue weighted by molar-refractivity contribution is 7.99. The van der Waals surface area contributed by atoms with Gasteiger partial charge in [0.2, 0.25) is 5.91 Å². The van der Waals surface area contributed by atoms with Crippen LogP contribution in [0.2, 0.25) is 0 Å². The van der Waals surface area contributed by atoms with Gasteiger partial charge < -0.3 is 10.5 Å². The van der Waals surface area contributed by atoms with Crippen LogP contribution < -0.4 is 10.0 Å². The Balaban J connectivity index is 2.36. The third-order valence-corrected chi connectivity index (χ3v) is 3.29. The number of thioether (sulfide) groups is 1. The Morgan fingerprint density at radius 3 is 3.00 bits per heavy atom. The smallest absolute Gasteiger partial charge is 0.251 e. The molecule has 0 bridgehead atoms. The molecule has 1 N–H and O–H groups in total. The lowest BCUT2D eigenvalue weighted by Crippen LogP contribution is -2.34. The maximum absolute atomic E-state index is 11.6. The Labute approximate surface area is 106 Å². The largest absolute Gasteiger partial charge is 0.618 e.